The Kier molecular flexibility index (Phi) is 9.74. The zero-order chi connectivity index (χ0) is 34.4. The summed E-state index contributed by atoms with van der Waals surface area (Å²) in [7, 11) is 1.33. The van der Waals surface area contributed by atoms with Crippen molar-refractivity contribution in [3.05, 3.63) is 51.6 Å². The number of unbranched alkanes of at least 4 members (excludes halogenated alkanes) is 1. The monoisotopic (exact) mass is 655 g/mol. The fourth-order valence-corrected chi connectivity index (χ4v) is 6.70. The maximum absolute atomic E-state index is 13.8. The Hall–Kier alpha value is -3.92. The summed E-state index contributed by atoms with van der Waals surface area (Å²) in [6.07, 6.45) is -3.70. The standard InChI is InChI=1S/C33H41N3O11/c1-14-27(38)19(36-32(43)18(35)8-4-5-10-34)11-22(46-14)47-21-13-33(44,15(2)37)12-17-24(21)31(42)26-25(29(17)40)28(39)16-7-6-9-20(45-3)23(16)30(26)41/h6-7,9,14,18-19,21-22,27,38,40,42,44H,4-5,8,10-13,34-35H2,1-3H3,(H,36,43). The van der Waals surface area contributed by atoms with Crippen LogP contribution in [0.25, 0.3) is 0 Å². The largest absolute Gasteiger partial charge is 0.507 e. The van der Waals surface area contributed by atoms with Crippen LogP contribution in [0.5, 0.6) is 17.2 Å². The highest BCUT2D eigenvalue weighted by Crippen LogP contribution is 2.52. The van der Waals surface area contributed by atoms with Crippen molar-refractivity contribution in [2.24, 2.45) is 11.5 Å². The van der Waals surface area contributed by atoms with Crippen LogP contribution in [-0.4, -0.2) is 93.5 Å². The number of methoxy groups -OCH3 is 1. The molecule has 0 radical (unpaired) electrons. The normalized spacial score (nSPS) is 27.3. The number of rotatable bonds is 10. The van der Waals surface area contributed by atoms with Crippen molar-refractivity contribution < 1.29 is 53.8 Å². The predicted octanol–water partition coefficient (Wildman–Crippen LogP) is 0.643. The topological polar surface area (TPSA) is 241 Å². The van der Waals surface area contributed by atoms with Gasteiger partial charge in [0.1, 0.15) is 29.0 Å². The Morgan fingerprint density at radius 3 is 2.49 bits per heavy atom. The Labute approximate surface area is 271 Å². The first-order valence-corrected chi connectivity index (χ1v) is 15.6. The zero-order valence-electron chi connectivity index (χ0n) is 26.4. The summed E-state index contributed by atoms with van der Waals surface area (Å²) in [5, 5.41) is 48.2. The third-order valence-electron chi connectivity index (χ3n) is 9.39. The van der Waals surface area contributed by atoms with Gasteiger partial charge in [-0.15, -0.1) is 0 Å². The van der Waals surface area contributed by atoms with Crippen LogP contribution in [0.3, 0.4) is 0 Å². The Balaban J connectivity index is 1.52. The van der Waals surface area contributed by atoms with Gasteiger partial charge in [0.05, 0.1) is 48.1 Å². The van der Waals surface area contributed by atoms with Crippen molar-refractivity contribution in [2.45, 2.75) is 94.7 Å². The van der Waals surface area contributed by atoms with Crippen LogP contribution in [0.15, 0.2) is 18.2 Å². The summed E-state index contributed by atoms with van der Waals surface area (Å²) in [6.45, 7) is 3.19. The second kappa shape index (κ2) is 13.3. The number of hydrogen-bond donors (Lipinski definition) is 7. The Morgan fingerprint density at radius 1 is 1.13 bits per heavy atom. The number of carbonyl (C=O) groups is 4. The molecule has 1 saturated heterocycles. The Bertz CT molecular complexity index is 1610. The molecule has 0 aromatic heterocycles. The Morgan fingerprint density at radius 2 is 1.83 bits per heavy atom. The number of nitrogens with two attached hydrogens (primary N) is 2. The average Bonchev–Trinajstić information content (AvgIpc) is 3.03. The number of hydrogen-bond acceptors (Lipinski definition) is 13. The molecule has 2 aliphatic carbocycles. The van der Waals surface area contributed by atoms with E-state index in [1.54, 1.807) is 6.92 Å². The van der Waals surface area contributed by atoms with E-state index in [1.165, 1.54) is 25.3 Å². The van der Waals surface area contributed by atoms with Crippen molar-refractivity contribution in [1.29, 1.82) is 0 Å². The molecule has 5 rings (SSSR count). The van der Waals surface area contributed by atoms with Crippen molar-refractivity contribution >= 4 is 23.3 Å². The van der Waals surface area contributed by atoms with Gasteiger partial charge in [0.15, 0.2) is 17.9 Å². The molecule has 1 aliphatic heterocycles. The third kappa shape index (κ3) is 6.12. The van der Waals surface area contributed by atoms with Crippen LogP contribution in [-0.2, 0) is 25.5 Å². The molecule has 1 amide bonds. The van der Waals surface area contributed by atoms with Crippen molar-refractivity contribution in [2.75, 3.05) is 13.7 Å². The van der Waals surface area contributed by atoms with Gasteiger partial charge in [-0.05, 0) is 39.3 Å². The molecule has 2 aromatic rings. The number of ether oxygens (including phenoxy) is 3. The molecule has 1 heterocycles. The molecule has 3 aliphatic rings. The number of Topliss-reactive ketones (excluding diaryl/α,β-unsaturated/α-hetero) is 1. The first-order chi connectivity index (χ1) is 22.2. The second-order valence-corrected chi connectivity index (χ2v) is 12.5. The van der Waals surface area contributed by atoms with Crippen molar-refractivity contribution in [3.8, 4) is 17.2 Å². The van der Waals surface area contributed by atoms with Gasteiger partial charge < -0.3 is 51.4 Å². The molecule has 7 unspecified atom stereocenters. The maximum atomic E-state index is 13.8. The van der Waals surface area contributed by atoms with Crippen LogP contribution < -0.4 is 21.5 Å². The number of carbonyl (C=O) groups excluding carboxylic acids is 4. The highest BCUT2D eigenvalue weighted by molar-refractivity contribution is 6.31. The van der Waals surface area contributed by atoms with Gasteiger partial charge in [0, 0.05) is 36.0 Å². The fraction of sp³-hybridized carbons (Fsp3) is 0.515. The molecule has 0 bridgehead atoms. The summed E-state index contributed by atoms with van der Waals surface area (Å²) in [4.78, 5) is 53.0. The van der Waals surface area contributed by atoms with Crippen molar-refractivity contribution in [1.82, 2.24) is 5.32 Å². The molecule has 254 valence electrons. The molecule has 14 nitrogen and oxygen atoms in total. The van der Waals surface area contributed by atoms with Gasteiger partial charge >= 0.3 is 0 Å². The number of aliphatic hydroxyl groups excluding tert-OH is 1. The van der Waals surface area contributed by atoms with Crippen LogP contribution >= 0.6 is 0 Å². The third-order valence-corrected chi connectivity index (χ3v) is 9.39. The van der Waals surface area contributed by atoms with E-state index in [-0.39, 0.29) is 34.4 Å². The fourth-order valence-electron chi connectivity index (χ4n) is 6.70. The molecule has 9 N–H and O–H groups in total. The number of amides is 1. The number of ketones is 3. The van der Waals surface area contributed by atoms with Gasteiger partial charge in [-0.2, -0.15) is 0 Å². The lowest BCUT2D eigenvalue weighted by Crippen LogP contribution is -2.58. The van der Waals surface area contributed by atoms with E-state index in [1.807, 2.05) is 0 Å². The number of phenolic OH excluding ortho intramolecular Hbond substituents is 2. The summed E-state index contributed by atoms with van der Waals surface area (Å²) in [5.74, 6) is -3.90. The molecule has 0 saturated carbocycles. The van der Waals surface area contributed by atoms with Gasteiger partial charge in [-0.1, -0.05) is 18.6 Å². The number of benzene rings is 2. The van der Waals surface area contributed by atoms with Crippen LogP contribution in [0.1, 0.15) is 95.0 Å². The van der Waals surface area contributed by atoms with E-state index in [2.05, 4.69) is 5.32 Å². The highest BCUT2D eigenvalue weighted by atomic mass is 16.7. The minimum Gasteiger partial charge on any atom is -0.507 e. The highest BCUT2D eigenvalue weighted by Gasteiger charge is 2.49. The summed E-state index contributed by atoms with van der Waals surface area (Å²) in [5.41, 5.74) is 8.18. The smallest absolute Gasteiger partial charge is 0.237 e. The lowest BCUT2D eigenvalue weighted by Gasteiger charge is -2.43. The quantitative estimate of drug-likeness (QED) is 0.117. The molecule has 2 aromatic carbocycles. The van der Waals surface area contributed by atoms with E-state index in [9.17, 15) is 39.6 Å². The van der Waals surface area contributed by atoms with Crippen molar-refractivity contribution in [3.63, 3.8) is 0 Å². The summed E-state index contributed by atoms with van der Waals surface area (Å²) < 4.78 is 17.4. The minimum atomic E-state index is -2.08. The van der Waals surface area contributed by atoms with Crippen LogP contribution in [0.2, 0.25) is 0 Å². The first-order valence-electron chi connectivity index (χ1n) is 15.6. The van der Waals surface area contributed by atoms with Gasteiger partial charge in [0.2, 0.25) is 11.7 Å². The molecular weight excluding hydrogens is 614 g/mol. The number of aromatic hydroxyl groups is 2. The molecule has 47 heavy (non-hydrogen) atoms. The maximum Gasteiger partial charge on any atom is 0.237 e. The second-order valence-electron chi connectivity index (χ2n) is 12.5. The number of nitrogens with one attached hydrogen (secondary N) is 1. The molecular formula is C33H41N3O11. The lowest BCUT2D eigenvalue weighted by atomic mass is 9.72. The van der Waals surface area contributed by atoms with Gasteiger partial charge in [0.25, 0.3) is 0 Å². The molecule has 0 spiro atoms. The van der Waals surface area contributed by atoms with Crippen LogP contribution in [0, 0.1) is 0 Å². The SMILES string of the molecule is COc1cccc2c1C(=O)c1c(O)c3c(c(O)c1C2=O)CC(O)(C(C)=O)CC3OC1CC(NC(=O)C(N)CCCCN)C(O)C(C)O1. The zero-order valence-corrected chi connectivity index (χ0v) is 26.4. The predicted molar refractivity (Wildman–Crippen MR) is 165 cm³/mol. The summed E-state index contributed by atoms with van der Waals surface area (Å²) in [6, 6.07) is 2.70. The average molecular weight is 656 g/mol. The number of aliphatic hydroxyl groups is 2. The van der Waals surface area contributed by atoms with E-state index in [4.69, 9.17) is 25.7 Å². The molecule has 14 heteroatoms. The van der Waals surface area contributed by atoms with Gasteiger partial charge in [-0.25, -0.2) is 0 Å². The van der Waals surface area contributed by atoms with Gasteiger partial charge in [-0.3, -0.25) is 19.2 Å². The molecule has 1 fully saturated rings. The van der Waals surface area contributed by atoms with E-state index >= 15 is 0 Å². The van der Waals surface area contributed by atoms with E-state index < -0.39 is 101 Å². The number of fused-ring (bicyclic) bond motifs is 3. The number of phenols is 2. The molecule has 7 atom stereocenters. The summed E-state index contributed by atoms with van der Waals surface area (Å²) >= 11 is 0. The van der Waals surface area contributed by atoms with E-state index in [0.717, 1.165) is 6.92 Å². The lowest BCUT2D eigenvalue weighted by molar-refractivity contribution is -0.249. The first kappa shape index (κ1) is 34.4. The minimum absolute atomic E-state index is 0.0442. The van der Waals surface area contributed by atoms with Crippen LogP contribution in [0.4, 0.5) is 0 Å². The van der Waals surface area contributed by atoms with E-state index in [0.29, 0.717) is 25.8 Å².